The lowest BCUT2D eigenvalue weighted by atomic mass is 9.91. The summed E-state index contributed by atoms with van der Waals surface area (Å²) in [6.07, 6.45) is 9.66. The second-order valence-corrected chi connectivity index (χ2v) is 7.75. The maximum atomic E-state index is 10.6. The molecule has 3 N–H and O–H groups in total. The Morgan fingerprint density at radius 3 is 2.50 bits per heavy atom. The first-order chi connectivity index (χ1) is 12.7. The molecule has 0 radical (unpaired) electrons. The highest BCUT2D eigenvalue weighted by atomic mass is 16.4. The summed E-state index contributed by atoms with van der Waals surface area (Å²) >= 11 is 0. The molecule has 26 heavy (non-hydrogen) atoms. The molecule has 0 aromatic heterocycles. The molecule has 1 aromatic rings. The fourth-order valence-corrected chi connectivity index (χ4v) is 4.17. The van der Waals surface area contributed by atoms with E-state index in [-0.39, 0.29) is 6.42 Å². The summed E-state index contributed by atoms with van der Waals surface area (Å²) in [6.45, 7) is 2.85. The minimum Gasteiger partial charge on any atom is -0.481 e. The van der Waals surface area contributed by atoms with E-state index in [4.69, 9.17) is 5.11 Å². The number of rotatable bonds is 9. The number of benzene rings is 1. The Balaban J connectivity index is 1.40. The quantitative estimate of drug-likeness (QED) is 0.629. The van der Waals surface area contributed by atoms with Gasteiger partial charge in [0.1, 0.15) is 0 Å². The summed E-state index contributed by atoms with van der Waals surface area (Å²) in [7, 11) is 0. The molecule has 2 atom stereocenters. The molecule has 2 saturated carbocycles. The van der Waals surface area contributed by atoms with Gasteiger partial charge in [-0.2, -0.15) is 0 Å². The molecule has 0 amide bonds. The predicted molar refractivity (Wildman–Crippen MR) is 106 cm³/mol. The zero-order valence-corrected chi connectivity index (χ0v) is 15.8. The first-order valence-corrected chi connectivity index (χ1v) is 10.1. The van der Waals surface area contributed by atoms with Crippen LogP contribution in [-0.2, 0) is 4.79 Å². The molecule has 0 saturated heterocycles. The summed E-state index contributed by atoms with van der Waals surface area (Å²) in [5.74, 6) is -0.0189. The molecule has 2 fully saturated rings. The number of hydrogen-bond acceptors (Lipinski definition) is 3. The van der Waals surface area contributed by atoms with E-state index in [0.29, 0.717) is 30.6 Å². The highest BCUT2D eigenvalue weighted by molar-refractivity contribution is 5.66. The lowest BCUT2D eigenvalue weighted by molar-refractivity contribution is -0.136. The van der Waals surface area contributed by atoms with Crippen LogP contribution in [0.4, 0.5) is 0 Å². The molecular weight excluding hydrogens is 324 g/mol. The summed E-state index contributed by atoms with van der Waals surface area (Å²) in [6, 6.07) is 12.4. The van der Waals surface area contributed by atoms with Crippen LogP contribution in [0, 0.1) is 5.92 Å². The Bertz CT molecular complexity index is 606. The van der Waals surface area contributed by atoms with Gasteiger partial charge in [0.25, 0.3) is 0 Å². The topological polar surface area (TPSA) is 61.4 Å². The van der Waals surface area contributed by atoms with Crippen molar-refractivity contribution < 1.29 is 9.90 Å². The maximum Gasteiger partial charge on any atom is 0.304 e. The smallest absolute Gasteiger partial charge is 0.304 e. The summed E-state index contributed by atoms with van der Waals surface area (Å²) in [5.41, 5.74) is 2.88. The van der Waals surface area contributed by atoms with Crippen molar-refractivity contribution in [3.8, 4) is 0 Å². The molecule has 4 nitrogen and oxygen atoms in total. The van der Waals surface area contributed by atoms with E-state index in [1.165, 1.54) is 24.8 Å². The van der Waals surface area contributed by atoms with Crippen LogP contribution in [0.15, 0.2) is 35.9 Å². The lowest BCUT2D eigenvalue weighted by Gasteiger charge is -2.30. The molecule has 4 heteroatoms. The number of aliphatic carboxylic acids is 1. The average Bonchev–Trinajstić information content (AvgIpc) is 3.40. The Morgan fingerprint density at radius 2 is 1.85 bits per heavy atom. The molecule has 0 heterocycles. The van der Waals surface area contributed by atoms with Gasteiger partial charge in [-0.1, -0.05) is 48.9 Å². The molecule has 0 bridgehead atoms. The van der Waals surface area contributed by atoms with Gasteiger partial charge >= 0.3 is 5.97 Å². The van der Waals surface area contributed by atoms with Crippen molar-refractivity contribution in [3.05, 3.63) is 41.5 Å². The fraction of sp³-hybridized carbons (Fsp3) is 0.591. The Hall–Kier alpha value is -1.65. The van der Waals surface area contributed by atoms with Crippen molar-refractivity contribution in [2.75, 3.05) is 6.54 Å². The molecule has 1 aromatic carbocycles. The lowest BCUT2D eigenvalue weighted by Crippen LogP contribution is -2.41. The van der Waals surface area contributed by atoms with Crippen LogP contribution >= 0.6 is 0 Å². The van der Waals surface area contributed by atoms with Crippen molar-refractivity contribution in [1.82, 2.24) is 10.6 Å². The third-order valence-corrected chi connectivity index (χ3v) is 5.78. The zero-order valence-electron chi connectivity index (χ0n) is 15.8. The second-order valence-electron chi connectivity index (χ2n) is 7.75. The minimum atomic E-state index is -0.720. The first kappa shape index (κ1) is 19.1. The zero-order chi connectivity index (χ0) is 18.4. The summed E-state index contributed by atoms with van der Waals surface area (Å²) in [4.78, 5) is 10.6. The average molecular weight is 357 g/mol. The van der Waals surface area contributed by atoms with Crippen molar-refractivity contribution in [1.29, 1.82) is 0 Å². The normalized spacial score (nSPS) is 28.7. The monoisotopic (exact) mass is 356 g/mol. The Labute approximate surface area is 157 Å². The van der Waals surface area contributed by atoms with Gasteiger partial charge < -0.3 is 15.7 Å². The van der Waals surface area contributed by atoms with Crippen LogP contribution < -0.4 is 10.6 Å². The van der Waals surface area contributed by atoms with Crippen molar-refractivity contribution in [2.24, 2.45) is 5.92 Å². The van der Waals surface area contributed by atoms with Crippen molar-refractivity contribution in [3.63, 3.8) is 0 Å². The van der Waals surface area contributed by atoms with E-state index in [2.05, 4.69) is 54.0 Å². The number of hydrogen-bond donors (Lipinski definition) is 3. The summed E-state index contributed by atoms with van der Waals surface area (Å²) < 4.78 is 0. The molecule has 0 spiro atoms. The number of nitrogens with one attached hydrogen (secondary N) is 2. The highest BCUT2D eigenvalue weighted by Gasteiger charge is 2.40. The molecule has 3 rings (SSSR count). The Kier molecular flexibility index (Phi) is 6.86. The number of carboxylic acids is 1. The fourth-order valence-electron chi connectivity index (χ4n) is 4.17. The van der Waals surface area contributed by atoms with E-state index in [1.807, 2.05) is 0 Å². The second kappa shape index (κ2) is 9.33. The third-order valence-electron chi connectivity index (χ3n) is 5.78. The van der Waals surface area contributed by atoms with Gasteiger partial charge in [-0.05, 0) is 50.0 Å². The van der Waals surface area contributed by atoms with E-state index >= 15 is 0 Å². The largest absolute Gasteiger partial charge is 0.481 e. The van der Waals surface area contributed by atoms with E-state index in [1.54, 1.807) is 5.57 Å². The number of carboxylic acid groups (broad SMARTS) is 1. The van der Waals surface area contributed by atoms with Crippen LogP contribution in [-0.4, -0.2) is 35.7 Å². The van der Waals surface area contributed by atoms with E-state index < -0.39 is 5.97 Å². The van der Waals surface area contributed by atoms with Crippen LogP contribution in [0.2, 0.25) is 0 Å². The molecule has 2 aliphatic carbocycles. The maximum absolute atomic E-state index is 10.6. The SMILES string of the molecule is CC/C(=C\c1ccccc1)[C@@H]1C[C@H]1NC1CCC(NCCC(=O)O)CC1. The molecule has 142 valence electrons. The minimum absolute atomic E-state index is 0.218. The van der Waals surface area contributed by atoms with Crippen LogP contribution in [0.5, 0.6) is 0 Å². The van der Waals surface area contributed by atoms with Gasteiger partial charge in [-0.15, -0.1) is 0 Å². The van der Waals surface area contributed by atoms with Gasteiger partial charge in [0.2, 0.25) is 0 Å². The predicted octanol–water partition coefficient (Wildman–Crippen LogP) is 3.83. The first-order valence-electron chi connectivity index (χ1n) is 10.1. The van der Waals surface area contributed by atoms with Gasteiger partial charge in [0.15, 0.2) is 0 Å². The number of carbonyl (C=O) groups is 1. The van der Waals surface area contributed by atoms with Gasteiger partial charge in [0, 0.05) is 24.7 Å². The third kappa shape index (κ3) is 5.68. The van der Waals surface area contributed by atoms with E-state index in [0.717, 1.165) is 19.3 Å². The van der Waals surface area contributed by atoms with Crippen LogP contribution in [0.25, 0.3) is 6.08 Å². The van der Waals surface area contributed by atoms with Gasteiger partial charge in [0.05, 0.1) is 6.42 Å². The molecule has 2 aliphatic rings. The summed E-state index contributed by atoms with van der Waals surface area (Å²) in [5, 5.41) is 16.0. The van der Waals surface area contributed by atoms with Crippen LogP contribution in [0.3, 0.4) is 0 Å². The highest BCUT2D eigenvalue weighted by Crippen LogP contribution is 2.40. The standard InChI is InChI=1S/C22H32N2O2/c1-2-17(14-16-6-4-3-5-7-16)20-15-21(20)24-19-10-8-18(9-11-19)23-13-12-22(25)26/h3-7,14,18-21,23-24H,2,8-13,15H2,1H3,(H,25,26)/b17-14+/t18?,19?,20-,21+/m0/s1. The van der Waals surface area contributed by atoms with Crippen molar-refractivity contribution in [2.45, 2.75) is 70.0 Å². The van der Waals surface area contributed by atoms with Gasteiger partial charge in [-0.25, -0.2) is 0 Å². The van der Waals surface area contributed by atoms with Gasteiger partial charge in [-0.3, -0.25) is 4.79 Å². The Morgan fingerprint density at radius 1 is 1.15 bits per heavy atom. The van der Waals surface area contributed by atoms with Crippen LogP contribution in [0.1, 0.15) is 57.4 Å². The van der Waals surface area contributed by atoms with Crippen molar-refractivity contribution >= 4 is 12.0 Å². The van der Waals surface area contributed by atoms with E-state index in [9.17, 15) is 4.79 Å². The molecule has 0 unspecified atom stereocenters. The molecular formula is C22H32N2O2. The molecule has 0 aliphatic heterocycles.